The third-order valence-corrected chi connectivity index (χ3v) is 6.80. The molecule has 2 aromatic rings. The summed E-state index contributed by atoms with van der Waals surface area (Å²) in [6.45, 7) is 13.1. The Morgan fingerprint density at radius 1 is 1.20 bits per heavy atom. The Morgan fingerprint density at radius 3 is 2.46 bits per heavy atom. The van der Waals surface area contributed by atoms with Crippen LogP contribution < -0.4 is 34.9 Å². The van der Waals surface area contributed by atoms with E-state index in [4.69, 9.17) is 15.0 Å². The van der Waals surface area contributed by atoms with Crippen molar-refractivity contribution in [2.24, 2.45) is 5.41 Å². The maximum absolute atomic E-state index is 12.9. The number of nitrogens with zero attached hydrogens (tertiary/aromatic N) is 3. The number of aromatic nitrogens is 3. The normalized spacial score (nSPS) is 20.8. The van der Waals surface area contributed by atoms with Crippen molar-refractivity contribution in [2.45, 2.75) is 90.8 Å². The zero-order chi connectivity index (χ0) is 24.7. The zero-order valence-electron chi connectivity index (χ0n) is 23.1. The number of pyridine rings is 1. The second-order valence-corrected chi connectivity index (χ2v) is 11.7. The van der Waals surface area contributed by atoms with Gasteiger partial charge >= 0.3 is 29.6 Å². The van der Waals surface area contributed by atoms with E-state index in [1.807, 2.05) is 18.2 Å². The van der Waals surface area contributed by atoms with Crippen molar-refractivity contribution in [3.8, 4) is 6.07 Å². The number of H-pyrrole nitrogens is 1. The van der Waals surface area contributed by atoms with E-state index in [9.17, 15) is 4.79 Å². The molecule has 1 saturated heterocycles. The third kappa shape index (κ3) is 6.62. The van der Waals surface area contributed by atoms with Gasteiger partial charge in [-0.15, -0.1) is 0 Å². The molecule has 4 rings (SSSR count). The summed E-state index contributed by atoms with van der Waals surface area (Å²) < 4.78 is 6.29. The Labute approximate surface area is 231 Å². The molecule has 1 aliphatic carbocycles. The number of imidazole rings is 1. The quantitative estimate of drug-likeness (QED) is 0.648. The first-order valence-corrected chi connectivity index (χ1v) is 12.0. The van der Waals surface area contributed by atoms with E-state index in [-0.39, 0.29) is 70.9 Å². The molecule has 0 radical (unpaired) electrons. The molecular formula is C27H36N5NaO2. The summed E-state index contributed by atoms with van der Waals surface area (Å²) in [5.41, 5.74) is 3.75. The first-order valence-electron chi connectivity index (χ1n) is 12.0. The number of anilines is 1. The van der Waals surface area contributed by atoms with Crippen LogP contribution >= 0.6 is 0 Å². The molecule has 0 unspecified atom stereocenters. The Bertz CT molecular complexity index is 1160. The van der Waals surface area contributed by atoms with Gasteiger partial charge in [0.15, 0.2) is 5.82 Å². The van der Waals surface area contributed by atoms with Crippen molar-refractivity contribution < 1.29 is 40.5 Å². The molecule has 1 aliphatic heterocycles. The van der Waals surface area contributed by atoms with Crippen LogP contribution in [0.2, 0.25) is 0 Å². The summed E-state index contributed by atoms with van der Waals surface area (Å²) in [7, 11) is 0. The molecule has 2 N–H and O–H groups in total. The number of hydrogen-bond acceptors (Lipinski definition) is 5. The van der Waals surface area contributed by atoms with Crippen LogP contribution in [-0.2, 0) is 4.74 Å². The molecule has 7 nitrogen and oxygen atoms in total. The average molecular weight is 486 g/mol. The van der Waals surface area contributed by atoms with Gasteiger partial charge in [-0.3, -0.25) is 9.78 Å². The fraction of sp³-hybridized carbons (Fsp3) is 0.556. The van der Waals surface area contributed by atoms with Crippen LogP contribution in [0.15, 0.2) is 24.4 Å². The summed E-state index contributed by atoms with van der Waals surface area (Å²) in [5, 5.41) is 12.0. The fourth-order valence-electron chi connectivity index (χ4n) is 5.31. The van der Waals surface area contributed by atoms with Gasteiger partial charge in [0.25, 0.3) is 5.91 Å². The van der Waals surface area contributed by atoms with E-state index < -0.39 is 0 Å². The molecule has 35 heavy (non-hydrogen) atoms. The summed E-state index contributed by atoms with van der Waals surface area (Å²) in [5.74, 6) is -0.00761. The van der Waals surface area contributed by atoms with E-state index in [2.05, 4.69) is 62.9 Å². The van der Waals surface area contributed by atoms with Gasteiger partial charge < -0.3 is 16.5 Å². The molecule has 2 aliphatic rings. The number of carbonyl (C=O) groups is 1. The Hall–Kier alpha value is -1.98. The second kappa shape index (κ2) is 10.2. The van der Waals surface area contributed by atoms with Crippen LogP contribution in [0.3, 0.4) is 0 Å². The van der Waals surface area contributed by atoms with Crippen LogP contribution in [0.25, 0.3) is 5.57 Å². The van der Waals surface area contributed by atoms with Crippen molar-refractivity contribution in [1.29, 1.82) is 5.26 Å². The average Bonchev–Trinajstić information content (AvgIpc) is 3.21. The first kappa shape index (κ1) is 27.6. The van der Waals surface area contributed by atoms with Crippen LogP contribution in [-0.4, -0.2) is 32.1 Å². The van der Waals surface area contributed by atoms with Crippen molar-refractivity contribution in [3.63, 3.8) is 0 Å². The van der Waals surface area contributed by atoms with E-state index in [1.54, 1.807) is 0 Å². The predicted octanol–water partition coefficient (Wildman–Crippen LogP) is 3.09. The molecule has 3 heterocycles. The number of carbonyl (C=O) groups excluding carboxylic acids is 1. The number of nitrogens with one attached hydrogen (secondary N) is 2. The van der Waals surface area contributed by atoms with Gasteiger partial charge in [0.05, 0.1) is 28.8 Å². The third-order valence-electron chi connectivity index (χ3n) is 6.80. The monoisotopic (exact) mass is 485 g/mol. The van der Waals surface area contributed by atoms with E-state index in [1.165, 1.54) is 11.8 Å². The van der Waals surface area contributed by atoms with Gasteiger partial charge in [0.1, 0.15) is 11.8 Å². The first-order chi connectivity index (χ1) is 15.9. The van der Waals surface area contributed by atoms with Gasteiger partial charge in [0, 0.05) is 11.6 Å². The molecule has 8 heteroatoms. The summed E-state index contributed by atoms with van der Waals surface area (Å²) in [6, 6.07) is 5.95. The standard InChI is InChI=1S/C27H35N5O2.Na.H/c1-25(2)11-9-17(10-12-25)22-21(32-24(33)23-29-16-19(15-28)30-23)8-7-20(31-22)18-13-26(3,4)34-27(5,6)14-18;;/h7-9,16,18H,10-14H2,1-6H3,(H,29,30)(H,32,33);;/q;+1;-1. The second-order valence-electron chi connectivity index (χ2n) is 11.7. The van der Waals surface area contributed by atoms with E-state index in [0.717, 1.165) is 43.5 Å². The zero-order valence-corrected chi connectivity index (χ0v) is 24.1. The van der Waals surface area contributed by atoms with E-state index >= 15 is 0 Å². The van der Waals surface area contributed by atoms with Crippen molar-refractivity contribution in [1.82, 2.24) is 15.0 Å². The van der Waals surface area contributed by atoms with Crippen molar-refractivity contribution in [2.75, 3.05) is 5.32 Å². The molecule has 1 fully saturated rings. The minimum absolute atomic E-state index is 0. The van der Waals surface area contributed by atoms with Crippen LogP contribution in [0.1, 0.15) is 109 Å². The molecule has 1 amide bonds. The van der Waals surface area contributed by atoms with Gasteiger partial charge in [-0.25, -0.2) is 4.98 Å². The minimum Gasteiger partial charge on any atom is -1.00 e. The number of amides is 1. The summed E-state index contributed by atoms with van der Waals surface area (Å²) in [4.78, 5) is 24.8. The van der Waals surface area contributed by atoms with Gasteiger partial charge in [-0.05, 0) is 82.9 Å². The van der Waals surface area contributed by atoms with Gasteiger partial charge in [-0.2, -0.15) is 5.26 Å². The molecule has 0 spiro atoms. The fourth-order valence-corrected chi connectivity index (χ4v) is 5.31. The number of aromatic amines is 1. The maximum Gasteiger partial charge on any atom is 1.00 e. The Balaban J connectivity index is 0.00000228. The molecule has 2 aromatic heterocycles. The maximum atomic E-state index is 12.9. The SMILES string of the molecule is CC1(C)CC=C(c2nc(C3CC(C)(C)OC(C)(C)C3)ccc2NC(=O)c2ncc(C#N)[nH]2)CC1.[H-].[Na+]. The molecular weight excluding hydrogens is 449 g/mol. The number of rotatable bonds is 4. The van der Waals surface area contributed by atoms with Crippen molar-refractivity contribution in [3.05, 3.63) is 47.3 Å². The van der Waals surface area contributed by atoms with Gasteiger partial charge in [0.2, 0.25) is 0 Å². The largest absolute Gasteiger partial charge is 1.00 e. The van der Waals surface area contributed by atoms with Gasteiger partial charge in [-0.1, -0.05) is 19.9 Å². The smallest absolute Gasteiger partial charge is 1.00 e. The molecule has 182 valence electrons. The van der Waals surface area contributed by atoms with Crippen LogP contribution in [0.4, 0.5) is 5.69 Å². The molecule has 0 atom stereocenters. The molecule has 0 bridgehead atoms. The summed E-state index contributed by atoms with van der Waals surface area (Å²) in [6.07, 6.45) is 8.37. The number of hydrogen-bond donors (Lipinski definition) is 2. The van der Waals surface area contributed by atoms with Crippen LogP contribution in [0.5, 0.6) is 0 Å². The van der Waals surface area contributed by atoms with Crippen molar-refractivity contribution >= 4 is 17.2 Å². The number of nitriles is 1. The minimum atomic E-state index is -0.387. The van der Waals surface area contributed by atoms with E-state index in [0.29, 0.717) is 5.69 Å². The number of allylic oxidation sites excluding steroid dienone is 2. The predicted molar refractivity (Wildman–Crippen MR) is 133 cm³/mol. The topological polar surface area (TPSA) is 104 Å². The molecule has 0 saturated carbocycles. The number of ether oxygens (including phenoxy) is 1. The Kier molecular flexibility index (Phi) is 8.03. The van der Waals surface area contributed by atoms with Crippen LogP contribution in [0, 0.1) is 16.7 Å². The summed E-state index contributed by atoms with van der Waals surface area (Å²) >= 11 is 0. The Morgan fingerprint density at radius 2 is 1.89 bits per heavy atom. The molecule has 0 aromatic carbocycles.